The third-order valence-electron chi connectivity index (χ3n) is 5.05. The van der Waals surface area contributed by atoms with Crippen LogP contribution in [0.4, 0.5) is 8.78 Å². The molecule has 0 aromatic heterocycles. The Morgan fingerprint density at radius 2 is 1.95 bits per heavy atom. The largest absolute Gasteiger partial charge is 0.389 e. The molecule has 0 amide bonds. The summed E-state index contributed by atoms with van der Waals surface area (Å²) in [5.74, 6) is -2.59. The number of halogens is 2. The number of hydrogen-bond donors (Lipinski definition) is 2. The van der Waals surface area contributed by atoms with E-state index >= 15 is 0 Å². The van der Waals surface area contributed by atoms with Gasteiger partial charge in [-0.1, -0.05) is 18.2 Å². The van der Waals surface area contributed by atoms with Gasteiger partial charge in [0.25, 0.3) is 0 Å². The van der Waals surface area contributed by atoms with E-state index in [-0.39, 0.29) is 31.7 Å². The summed E-state index contributed by atoms with van der Waals surface area (Å²) in [6.07, 6.45) is 2.02. The van der Waals surface area contributed by atoms with E-state index in [0.717, 1.165) is 12.8 Å². The number of rotatable bonds is 3. The summed E-state index contributed by atoms with van der Waals surface area (Å²) in [5.41, 5.74) is 2.99. The van der Waals surface area contributed by atoms with E-state index < -0.39 is 11.5 Å². The Morgan fingerprint density at radius 3 is 2.67 bits per heavy atom. The summed E-state index contributed by atoms with van der Waals surface area (Å²) in [6.45, 7) is 2.51. The molecule has 0 radical (unpaired) electrons. The van der Waals surface area contributed by atoms with Crippen LogP contribution in [-0.4, -0.2) is 23.2 Å². The van der Waals surface area contributed by atoms with Crippen molar-refractivity contribution in [2.75, 3.05) is 6.54 Å². The molecule has 1 aromatic rings. The maximum absolute atomic E-state index is 13.2. The zero-order chi connectivity index (χ0) is 15.1. The first-order valence-electron chi connectivity index (χ1n) is 7.81. The number of aliphatic hydroxyl groups is 1. The molecule has 1 atom stereocenters. The van der Waals surface area contributed by atoms with E-state index in [4.69, 9.17) is 0 Å². The standard InChI is InChI=1S/C17H23F2NO/c1-12-3-2-4-13-5-6-14(15(12)13)20-11-16(21)7-9-17(18,19)10-8-16/h2-4,14,20-21H,5-11H2,1H3. The lowest BCUT2D eigenvalue weighted by molar-refractivity contribution is -0.102. The van der Waals surface area contributed by atoms with Crippen LogP contribution in [0.5, 0.6) is 0 Å². The van der Waals surface area contributed by atoms with E-state index in [0.29, 0.717) is 6.54 Å². The summed E-state index contributed by atoms with van der Waals surface area (Å²) in [4.78, 5) is 0. The third kappa shape index (κ3) is 3.11. The lowest BCUT2D eigenvalue weighted by atomic mass is 9.82. The van der Waals surface area contributed by atoms with Crippen LogP contribution in [-0.2, 0) is 6.42 Å². The highest BCUT2D eigenvalue weighted by atomic mass is 19.3. The van der Waals surface area contributed by atoms with Gasteiger partial charge in [0, 0.05) is 25.4 Å². The maximum Gasteiger partial charge on any atom is 0.248 e. The molecule has 2 N–H and O–H groups in total. The van der Waals surface area contributed by atoms with Crippen molar-refractivity contribution in [1.29, 1.82) is 0 Å². The molecule has 0 spiro atoms. The highest BCUT2D eigenvalue weighted by molar-refractivity contribution is 5.40. The molecule has 1 saturated carbocycles. The van der Waals surface area contributed by atoms with E-state index in [1.54, 1.807) is 0 Å². The average molecular weight is 295 g/mol. The monoisotopic (exact) mass is 295 g/mol. The van der Waals surface area contributed by atoms with Crippen LogP contribution < -0.4 is 5.32 Å². The van der Waals surface area contributed by atoms with Gasteiger partial charge in [-0.15, -0.1) is 0 Å². The van der Waals surface area contributed by atoms with Crippen LogP contribution in [0.25, 0.3) is 0 Å². The molecule has 116 valence electrons. The minimum atomic E-state index is -2.59. The van der Waals surface area contributed by atoms with E-state index in [9.17, 15) is 13.9 Å². The van der Waals surface area contributed by atoms with E-state index in [1.807, 2.05) is 0 Å². The van der Waals surface area contributed by atoms with Crippen LogP contribution in [0.3, 0.4) is 0 Å². The van der Waals surface area contributed by atoms with E-state index in [1.165, 1.54) is 16.7 Å². The van der Waals surface area contributed by atoms with Crippen molar-refractivity contribution in [2.45, 2.75) is 63.0 Å². The molecule has 4 heteroatoms. The first kappa shape index (κ1) is 14.9. The summed E-state index contributed by atoms with van der Waals surface area (Å²) in [6, 6.07) is 6.58. The third-order valence-corrected chi connectivity index (χ3v) is 5.05. The van der Waals surface area contributed by atoms with Gasteiger partial charge in [0.05, 0.1) is 5.60 Å². The highest BCUT2D eigenvalue weighted by Gasteiger charge is 2.42. The van der Waals surface area contributed by atoms with Crippen molar-refractivity contribution in [2.24, 2.45) is 0 Å². The van der Waals surface area contributed by atoms with Gasteiger partial charge in [0.2, 0.25) is 5.92 Å². The van der Waals surface area contributed by atoms with Gasteiger partial charge in [-0.05, 0) is 49.3 Å². The summed E-state index contributed by atoms with van der Waals surface area (Å²) in [7, 11) is 0. The quantitative estimate of drug-likeness (QED) is 0.894. The lowest BCUT2D eigenvalue weighted by Gasteiger charge is -2.37. The molecule has 21 heavy (non-hydrogen) atoms. The number of benzene rings is 1. The fourth-order valence-electron chi connectivity index (χ4n) is 3.68. The summed E-state index contributed by atoms with van der Waals surface area (Å²) >= 11 is 0. The zero-order valence-electron chi connectivity index (χ0n) is 12.5. The van der Waals surface area contributed by atoms with Crippen molar-refractivity contribution in [3.05, 3.63) is 34.9 Å². The zero-order valence-corrected chi connectivity index (χ0v) is 12.5. The number of hydrogen-bond acceptors (Lipinski definition) is 2. The van der Waals surface area contributed by atoms with Crippen molar-refractivity contribution in [3.8, 4) is 0 Å². The predicted molar refractivity (Wildman–Crippen MR) is 78.6 cm³/mol. The van der Waals surface area contributed by atoms with Crippen LogP contribution in [0.1, 0.15) is 54.8 Å². The number of alkyl halides is 2. The Labute approximate surface area is 124 Å². The molecule has 1 fully saturated rings. The van der Waals surface area contributed by atoms with Crippen molar-refractivity contribution >= 4 is 0 Å². The van der Waals surface area contributed by atoms with Crippen LogP contribution in [0.15, 0.2) is 18.2 Å². The normalized spacial score (nSPS) is 26.6. The fraction of sp³-hybridized carbons (Fsp3) is 0.647. The van der Waals surface area contributed by atoms with Gasteiger partial charge >= 0.3 is 0 Å². The van der Waals surface area contributed by atoms with Gasteiger partial charge < -0.3 is 10.4 Å². The van der Waals surface area contributed by atoms with Gasteiger partial charge in [-0.2, -0.15) is 0 Å². The number of aryl methyl sites for hydroxylation is 2. The van der Waals surface area contributed by atoms with Gasteiger partial charge in [-0.3, -0.25) is 0 Å². The molecule has 0 bridgehead atoms. The fourth-order valence-corrected chi connectivity index (χ4v) is 3.68. The molecule has 0 aliphatic heterocycles. The SMILES string of the molecule is Cc1cccc2c1C(NCC1(O)CCC(F)(F)CC1)CC2. The van der Waals surface area contributed by atoms with Crippen LogP contribution in [0, 0.1) is 6.92 Å². The van der Waals surface area contributed by atoms with Gasteiger partial charge in [-0.25, -0.2) is 8.78 Å². The smallest absolute Gasteiger partial charge is 0.248 e. The Kier molecular flexibility index (Phi) is 3.78. The minimum absolute atomic E-state index is 0.181. The molecular weight excluding hydrogens is 272 g/mol. The van der Waals surface area contributed by atoms with Crippen molar-refractivity contribution in [3.63, 3.8) is 0 Å². The molecular formula is C17H23F2NO. The Bertz CT molecular complexity index is 520. The van der Waals surface area contributed by atoms with Gasteiger partial charge in [0.15, 0.2) is 0 Å². The second-order valence-electron chi connectivity index (χ2n) is 6.70. The summed E-state index contributed by atoms with van der Waals surface area (Å²) in [5, 5.41) is 13.9. The predicted octanol–water partition coefficient (Wildman–Crippen LogP) is 3.51. The molecule has 3 rings (SSSR count). The minimum Gasteiger partial charge on any atom is -0.389 e. The second-order valence-corrected chi connectivity index (χ2v) is 6.70. The number of nitrogens with one attached hydrogen (secondary N) is 1. The first-order chi connectivity index (χ1) is 9.89. The molecule has 0 heterocycles. The maximum atomic E-state index is 13.2. The molecule has 2 aliphatic rings. The average Bonchev–Trinajstić information content (AvgIpc) is 2.86. The first-order valence-corrected chi connectivity index (χ1v) is 7.81. The molecule has 1 unspecified atom stereocenters. The Morgan fingerprint density at radius 1 is 1.24 bits per heavy atom. The molecule has 2 aliphatic carbocycles. The lowest BCUT2D eigenvalue weighted by Crippen LogP contribution is -2.46. The van der Waals surface area contributed by atoms with Crippen molar-refractivity contribution < 1.29 is 13.9 Å². The van der Waals surface area contributed by atoms with Crippen LogP contribution in [0.2, 0.25) is 0 Å². The van der Waals surface area contributed by atoms with E-state index in [2.05, 4.69) is 30.4 Å². The molecule has 2 nitrogen and oxygen atoms in total. The van der Waals surface area contributed by atoms with Crippen molar-refractivity contribution in [1.82, 2.24) is 5.32 Å². The molecule has 1 aromatic carbocycles. The Hall–Kier alpha value is -1.00. The summed E-state index contributed by atoms with van der Waals surface area (Å²) < 4.78 is 26.4. The Balaban J connectivity index is 1.63. The molecule has 0 saturated heterocycles. The second kappa shape index (κ2) is 5.33. The van der Waals surface area contributed by atoms with Gasteiger partial charge in [0.1, 0.15) is 0 Å². The van der Waals surface area contributed by atoms with Crippen LogP contribution >= 0.6 is 0 Å². The highest BCUT2D eigenvalue weighted by Crippen LogP contribution is 2.39. The topological polar surface area (TPSA) is 32.3 Å². The number of fused-ring (bicyclic) bond motifs is 1.